The Kier molecular flexibility index (Phi) is 9.31. The van der Waals surface area contributed by atoms with E-state index in [4.69, 9.17) is 14.7 Å². The van der Waals surface area contributed by atoms with Gasteiger partial charge in [0.1, 0.15) is 11.3 Å². The maximum Gasteiger partial charge on any atom is 0.335 e. The molecule has 0 aliphatic carbocycles. The van der Waals surface area contributed by atoms with Crippen molar-refractivity contribution in [3.8, 4) is 0 Å². The first-order chi connectivity index (χ1) is 18.6. The zero-order valence-corrected chi connectivity index (χ0v) is 23.0. The molecule has 1 aliphatic rings. The molecule has 4 aromatic rings. The Bertz CT molecular complexity index is 1370. The highest BCUT2D eigenvalue weighted by Gasteiger charge is 2.19. The molecule has 2 aromatic carbocycles. The average molecular weight is 518 g/mol. The number of fused-ring (bicyclic) bond motifs is 3. The predicted molar refractivity (Wildman–Crippen MR) is 153 cm³/mol. The second-order valence-corrected chi connectivity index (χ2v) is 9.37. The number of imidazole rings is 1. The van der Waals surface area contributed by atoms with E-state index in [9.17, 15) is 9.90 Å². The second-order valence-electron chi connectivity index (χ2n) is 9.37. The summed E-state index contributed by atoms with van der Waals surface area (Å²) in [5.74, 6) is 0.730. The van der Waals surface area contributed by atoms with Gasteiger partial charge >= 0.3 is 5.97 Å². The highest BCUT2D eigenvalue weighted by molar-refractivity contribution is 6.08. The van der Waals surface area contributed by atoms with Crippen LogP contribution in [0.25, 0.3) is 21.9 Å². The molecule has 5 rings (SSSR count). The van der Waals surface area contributed by atoms with Crippen molar-refractivity contribution in [3.63, 3.8) is 0 Å². The number of hydrogen-bond donors (Lipinski definition) is 2. The molecule has 0 unspecified atom stereocenters. The van der Waals surface area contributed by atoms with Crippen molar-refractivity contribution in [3.05, 3.63) is 65.0 Å². The minimum atomic E-state index is -0.959. The number of carboxylic acid groups (broad SMARTS) is 1. The molecule has 2 N–H and O–H groups in total. The number of carbonyl (C=O) groups is 1. The van der Waals surface area contributed by atoms with Crippen molar-refractivity contribution in [1.29, 1.82) is 0 Å². The van der Waals surface area contributed by atoms with Crippen LogP contribution in [-0.2, 0) is 24.2 Å². The van der Waals surface area contributed by atoms with Crippen LogP contribution in [0.2, 0.25) is 0 Å². The minimum absolute atomic E-state index is 0.226. The molecule has 8 nitrogen and oxygen atoms in total. The van der Waals surface area contributed by atoms with Gasteiger partial charge in [-0.05, 0) is 35.7 Å². The zero-order chi connectivity index (χ0) is 27.1. The van der Waals surface area contributed by atoms with Gasteiger partial charge in [0.05, 0.1) is 29.8 Å². The van der Waals surface area contributed by atoms with Gasteiger partial charge in [-0.15, -0.1) is 0 Å². The minimum Gasteiger partial charge on any atom is -0.478 e. The van der Waals surface area contributed by atoms with Crippen LogP contribution in [0.5, 0.6) is 0 Å². The van der Waals surface area contributed by atoms with Crippen molar-refractivity contribution >= 4 is 33.7 Å². The summed E-state index contributed by atoms with van der Waals surface area (Å²) < 4.78 is 7.75. The number of unbranched alkanes of at least 4 members (excludes halogenated alkanes) is 1. The van der Waals surface area contributed by atoms with Crippen molar-refractivity contribution in [1.82, 2.24) is 19.4 Å². The number of rotatable bonds is 9. The van der Waals surface area contributed by atoms with Gasteiger partial charge < -0.3 is 19.7 Å². The lowest BCUT2D eigenvalue weighted by Gasteiger charge is -2.26. The Hall–Kier alpha value is -3.49. The number of nitrogens with one attached hydrogen (secondary N) is 1. The van der Waals surface area contributed by atoms with E-state index in [2.05, 4.69) is 46.0 Å². The lowest BCUT2D eigenvalue weighted by atomic mass is 10.1. The van der Waals surface area contributed by atoms with Crippen LogP contribution in [0.15, 0.2) is 42.5 Å². The van der Waals surface area contributed by atoms with Crippen LogP contribution in [0.3, 0.4) is 0 Å². The van der Waals surface area contributed by atoms with Crippen LogP contribution in [0.1, 0.15) is 60.9 Å². The maximum absolute atomic E-state index is 11.6. The molecule has 0 saturated carbocycles. The second kappa shape index (κ2) is 12.8. The number of benzene rings is 2. The number of anilines is 1. The Balaban J connectivity index is 0.00000164. The Morgan fingerprint density at radius 2 is 1.71 bits per heavy atom. The summed E-state index contributed by atoms with van der Waals surface area (Å²) in [7, 11) is 1.83. The summed E-state index contributed by atoms with van der Waals surface area (Å²) in [4.78, 5) is 23.7. The lowest BCUT2D eigenvalue weighted by Crippen LogP contribution is -2.35. The number of morpholine rings is 1. The lowest BCUT2D eigenvalue weighted by molar-refractivity contribution is 0.0342. The molecular weight excluding hydrogens is 478 g/mol. The average Bonchev–Trinajstić information content (AvgIpc) is 3.31. The van der Waals surface area contributed by atoms with E-state index in [1.54, 1.807) is 12.1 Å². The number of aromatic nitrogens is 3. The summed E-state index contributed by atoms with van der Waals surface area (Å²) >= 11 is 0. The molecule has 38 heavy (non-hydrogen) atoms. The number of nitrogens with zero attached hydrogens (tertiary/aromatic N) is 4. The number of carboxylic acids is 1. The number of aromatic carboxylic acids is 1. The molecule has 2 aromatic heterocycles. The molecule has 0 atom stereocenters. The highest BCUT2D eigenvalue weighted by Crippen LogP contribution is 2.32. The third kappa shape index (κ3) is 5.97. The smallest absolute Gasteiger partial charge is 0.335 e. The molecule has 202 valence electrons. The quantitative estimate of drug-likeness (QED) is 0.300. The van der Waals surface area contributed by atoms with E-state index in [0.717, 1.165) is 74.4 Å². The van der Waals surface area contributed by atoms with Crippen molar-refractivity contribution in [2.45, 2.75) is 53.1 Å². The van der Waals surface area contributed by atoms with Crippen LogP contribution in [0.4, 0.5) is 5.82 Å². The molecule has 3 heterocycles. The van der Waals surface area contributed by atoms with Crippen LogP contribution in [-0.4, -0.2) is 63.9 Å². The van der Waals surface area contributed by atoms with E-state index >= 15 is 0 Å². The van der Waals surface area contributed by atoms with Gasteiger partial charge in [-0.25, -0.2) is 14.8 Å². The molecule has 1 aliphatic heterocycles. The van der Waals surface area contributed by atoms with E-state index in [1.807, 2.05) is 27.0 Å². The van der Waals surface area contributed by atoms with Gasteiger partial charge in [-0.2, -0.15) is 0 Å². The van der Waals surface area contributed by atoms with Crippen molar-refractivity contribution in [2.75, 3.05) is 38.7 Å². The van der Waals surface area contributed by atoms with Gasteiger partial charge in [0.25, 0.3) is 0 Å². The Morgan fingerprint density at radius 3 is 2.34 bits per heavy atom. The molecule has 8 heteroatoms. The fraction of sp³-hybridized carbons (Fsp3) is 0.433. The molecular formula is C30H39N5O3. The van der Waals surface area contributed by atoms with Gasteiger partial charge in [0, 0.05) is 45.0 Å². The van der Waals surface area contributed by atoms with Crippen LogP contribution >= 0.6 is 0 Å². The summed E-state index contributed by atoms with van der Waals surface area (Å²) in [6.45, 7) is 11.4. The first-order valence-electron chi connectivity index (χ1n) is 13.7. The zero-order valence-electron chi connectivity index (χ0n) is 23.0. The molecule has 1 fully saturated rings. The van der Waals surface area contributed by atoms with Gasteiger partial charge in [0.2, 0.25) is 0 Å². The number of ether oxygens (including phenoxy) is 1. The molecule has 0 bridgehead atoms. The topological polar surface area (TPSA) is 92.5 Å². The third-order valence-corrected chi connectivity index (χ3v) is 6.87. The first-order valence-corrected chi connectivity index (χ1v) is 13.7. The van der Waals surface area contributed by atoms with Crippen molar-refractivity contribution in [2.24, 2.45) is 0 Å². The van der Waals surface area contributed by atoms with Gasteiger partial charge in [-0.3, -0.25) is 4.90 Å². The summed E-state index contributed by atoms with van der Waals surface area (Å²) in [5, 5.41) is 13.6. The highest BCUT2D eigenvalue weighted by atomic mass is 16.5. The number of pyridine rings is 1. The molecule has 1 saturated heterocycles. The van der Waals surface area contributed by atoms with Gasteiger partial charge in [0.15, 0.2) is 5.82 Å². The standard InChI is InChI=1S/C28H33N5O3.C2H6/c1-3-4-5-24-31-25-26(22-11-10-21(28(34)35)16-23(22)30-27(25)29-2)33(24)18-20-8-6-19(7-9-20)17-32-12-14-36-15-13-32;1-2/h6-11,16H,3-5,12-15,17-18H2,1-2H3,(H,29,30)(H,34,35);1-2H3. The molecule has 0 radical (unpaired) electrons. The third-order valence-electron chi connectivity index (χ3n) is 6.87. The van der Waals surface area contributed by atoms with E-state index in [1.165, 1.54) is 11.1 Å². The summed E-state index contributed by atoms with van der Waals surface area (Å²) in [6, 6.07) is 14.0. The fourth-order valence-electron chi connectivity index (χ4n) is 4.89. The fourth-order valence-corrected chi connectivity index (χ4v) is 4.89. The maximum atomic E-state index is 11.6. The summed E-state index contributed by atoms with van der Waals surface area (Å²) in [5.41, 5.74) is 5.19. The van der Waals surface area contributed by atoms with E-state index in [-0.39, 0.29) is 5.56 Å². The molecule has 0 amide bonds. The van der Waals surface area contributed by atoms with Crippen LogP contribution in [0, 0.1) is 0 Å². The largest absolute Gasteiger partial charge is 0.478 e. The van der Waals surface area contributed by atoms with Crippen LogP contribution < -0.4 is 5.32 Å². The SMILES string of the molecule is CC.CCCCc1nc2c(NC)nc3cc(C(=O)O)ccc3c2n1Cc1ccc(CN2CCOCC2)cc1. The number of aryl methyl sites for hydroxylation is 1. The Labute approximate surface area is 224 Å². The predicted octanol–water partition coefficient (Wildman–Crippen LogP) is 5.57. The van der Waals surface area contributed by atoms with E-state index in [0.29, 0.717) is 17.9 Å². The first kappa shape index (κ1) is 27.5. The van der Waals surface area contributed by atoms with Crippen molar-refractivity contribution < 1.29 is 14.6 Å². The van der Waals surface area contributed by atoms with Gasteiger partial charge in [-0.1, -0.05) is 51.5 Å². The normalized spacial score (nSPS) is 13.9. The number of hydrogen-bond acceptors (Lipinski definition) is 6. The molecule has 0 spiro atoms. The summed E-state index contributed by atoms with van der Waals surface area (Å²) in [6.07, 6.45) is 3.00. The Morgan fingerprint density at radius 1 is 1.03 bits per heavy atom. The van der Waals surface area contributed by atoms with E-state index < -0.39 is 5.97 Å². The monoisotopic (exact) mass is 517 g/mol.